The average molecular weight is 185 g/mol. The van der Waals surface area contributed by atoms with E-state index in [0.29, 0.717) is 0 Å². The van der Waals surface area contributed by atoms with E-state index in [-0.39, 0.29) is 6.15 Å². The van der Waals surface area contributed by atoms with E-state index in [9.17, 15) is 9.59 Å². The third-order valence-corrected chi connectivity index (χ3v) is 0.175. The van der Waals surface area contributed by atoms with Crippen LogP contribution in [0.25, 0.3) is 0 Å². The number of carbonyl (C=O) groups is 3. The van der Waals surface area contributed by atoms with Crippen LogP contribution >= 0.6 is 0 Å². The van der Waals surface area contributed by atoms with Crippen LogP contribution in [0.1, 0.15) is 0 Å². The van der Waals surface area contributed by atoms with Gasteiger partial charge < -0.3 is 31.3 Å². The summed E-state index contributed by atoms with van der Waals surface area (Å²) in [6.07, 6.45) is -5.46. The molecule has 0 saturated carbocycles. The molecule has 0 saturated heterocycles. The highest BCUT2D eigenvalue weighted by molar-refractivity contribution is 5.74. The van der Waals surface area contributed by atoms with Gasteiger partial charge in [0.25, 0.3) is 0 Å². The number of ether oxygens (including phenoxy) is 1. The van der Waals surface area contributed by atoms with Gasteiger partial charge in [0.1, 0.15) is 0 Å². The Hall–Kier alpha value is -2.03. The summed E-state index contributed by atoms with van der Waals surface area (Å²) in [5, 5.41) is 28.9. The molecule has 0 unspecified atom stereocenters. The lowest BCUT2D eigenvalue weighted by molar-refractivity contribution is 0.0801. The van der Waals surface area contributed by atoms with Crippen molar-refractivity contribution >= 4 is 18.5 Å². The zero-order valence-corrected chi connectivity index (χ0v) is 5.63. The summed E-state index contributed by atoms with van der Waals surface area (Å²) < 4.78 is 3.08. The largest absolute Gasteiger partial charge is 0.516 e. The smallest absolute Gasteiger partial charge is 0.450 e. The maximum absolute atomic E-state index is 9.21. The third-order valence-electron chi connectivity index (χ3n) is 0.175. The molecule has 7 N–H and O–H groups in total. The Balaban J connectivity index is -0.000000142. The summed E-state index contributed by atoms with van der Waals surface area (Å²) >= 11 is 0. The summed E-state index contributed by atoms with van der Waals surface area (Å²) in [6, 6.07) is 0. The maximum atomic E-state index is 9.21. The molecule has 0 aliphatic rings. The van der Waals surface area contributed by atoms with E-state index in [1.807, 2.05) is 0 Å². The molecule has 0 aromatic heterocycles. The standard InChI is InChI=1S/C2H2O5.CH2O3.H3N/c3-1(4)7-2(5)6;2-1(3)4;/h(H,3,4)(H,5,6);(H2,2,3,4);1H3. The fourth-order valence-corrected chi connectivity index (χ4v) is 0.0747. The van der Waals surface area contributed by atoms with Gasteiger partial charge >= 0.3 is 18.5 Å². The van der Waals surface area contributed by atoms with Crippen LogP contribution in [0.5, 0.6) is 0 Å². The van der Waals surface area contributed by atoms with E-state index in [1.165, 1.54) is 0 Å². The summed E-state index contributed by atoms with van der Waals surface area (Å²) in [5.74, 6) is 0. The molecule has 72 valence electrons. The van der Waals surface area contributed by atoms with Gasteiger partial charge in [0.15, 0.2) is 0 Å². The summed E-state index contributed by atoms with van der Waals surface area (Å²) in [4.78, 5) is 27.0. The van der Waals surface area contributed by atoms with E-state index >= 15 is 0 Å². The molecular weight excluding hydrogens is 178 g/mol. The van der Waals surface area contributed by atoms with Crippen LogP contribution in [-0.2, 0) is 4.74 Å². The molecule has 0 rings (SSSR count). The van der Waals surface area contributed by atoms with Crippen molar-refractivity contribution in [1.29, 1.82) is 0 Å². The Bertz CT molecular complexity index is 148. The van der Waals surface area contributed by atoms with Crippen molar-refractivity contribution in [2.45, 2.75) is 0 Å². The molecule has 0 amide bonds. The van der Waals surface area contributed by atoms with Gasteiger partial charge in [-0.2, -0.15) is 0 Å². The lowest BCUT2D eigenvalue weighted by Gasteiger charge is -1.84. The van der Waals surface area contributed by atoms with Crippen molar-refractivity contribution in [3.05, 3.63) is 0 Å². The van der Waals surface area contributed by atoms with Crippen molar-refractivity contribution < 1.29 is 39.5 Å². The minimum absolute atomic E-state index is 0. The Morgan fingerprint density at radius 1 is 0.833 bits per heavy atom. The molecule has 9 heteroatoms. The summed E-state index contributed by atoms with van der Waals surface area (Å²) in [5.41, 5.74) is 0. The van der Waals surface area contributed by atoms with Gasteiger partial charge in [0, 0.05) is 0 Å². The van der Waals surface area contributed by atoms with Crippen LogP contribution in [0, 0.1) is 0 Å². The molecule has 0 spiro atoms. The quantitative estimate of drug-likeness (QED) is 0.269. The first-order valence-corrected chi connectivity index (χ1v) is 1.92. The first-order valence-electron chi connectivity index (χ1n) is 1.92. The molecule has 0 fully saturated rings. The monoisotopic (exact) mass is 185 g/mol. The van der Waals surface area contributed by atoms with E-state index in [1.54, 1.807) is 0 Å². The minimum atomic E-state index is -1.83. The first kappa shape index (κ1) is 16.5. The second-order valence-electron chi connectivity index (χ2n) is 0.916. The predicted octanol–water partition coefficient (Wildman–Crippen LogP) is 0.743. The molecule has 0 bridgehead atoms. The van der Waals surface area contributed by atoms with Gasteiger partial charge in [-0.05, 0) is 0 Å². The Morgan fingerprint density at radius 2 is 1.00 bits per heavy atom. The molecule has 0 atom stereocenters. The number of hydrogen-bond acceptors (Lipinski definition) is 5. The maximum Gasteiger partial charge on any atom is 0.516 e. The van der Waals surface area contributed by atoms with Crippen molar-refractivity contribution in [3.63, 3.8) is 0 Å². The normalized spacial score (nSPS) is 6.33. The topological polar surface area (TPSA) is 176 Å². The molecule has 0 radical (unpaired) electrons. The first-order chi connectivity index (χ1) is 4.86. The zero-order chi connectivity index (χ0) is 9.44. The molecule has 0 aromatic carbocycles. The summed E-state index contributed by atoms with van der Waals surface area (Å²) in [7, 11) is 0. The van der Waals surface area contributed by atoms with E-state index in [4.69, 9.17) is 25.2 Å². The molecular formula is C3H7NO8. The van der Waals surface area contributed by atoms with Crippen molar-refractivity contribution in [3.8, 4) is 0 Å². The lowest BCUT2D eigenvalue weighted by atomic mass is 11.3. The molecule has 0 aromatic rings. The SMILES string of the molecule is N.O=C(O)O.O=C(O)OC(=O)O. The van der Waals surface area contributed by atoms with Crippen LogP contribution < -0.4 is 6.15 Å². The van der Waals surface area contributed by atoms with Gasteiger partial charge in [-0.3, -0.25) is 0 Å². The molecule has 9 nitrogen and oxygen atoms in total. The Kier molecular flexibility index (Phi) is 12.3. The Morgan fingerprint density at radius 3 is 1.00 bits per heavy atom. The highest BCUT2D eigenvalue weighted by atomic mass is 16.7. The van der Waals surface area contributed by atoms with Gasteiger partial charge in [-0.1, -0.05) is 0 Å². The van der Waals surface area contributed by atoms with Gasteiger partial charge in [-0.15, -0.1) is 0 Å². The van der Waals surface area contributed by atoms with Crippen molar-refractivity contribution in [1.82, 2.24) is 6.15 Å². The minimum Gasteiger partial charge on any atom is -0.450 e. The molecule has 12 heavy (non-hydrogen) atoms. The predicted molar refractivity (Wildman–Crippen MR) is 32.8 cm³/mol. The van der Waals surface area contributed by atoms with Crippen molar-refractivity contribution in [2.24, 2.45) is 0 Å². The molecule has 0 heterocycles. The fourth-order valence-electron chi connectivity index (χ4n) is 0.0747. The molecule has 0 aliphatic heterocycles. The van der Waals surface area contributed by atoms with Crippen molar-refractivity contribution in [2.75, 3.05) is 0 Å². The van der Waals surface area contributed by atoms with E-state index in [2.05, 4.69) is 4.74 Å². The number of rotatable bonds is 0. The summed E-state index contributed by atoms with van der Waals surface area (Å²) in [6.45, 7) is 0. The van der Waals surface area contributed by atoms with Crippen LogP contribution in [0.4, 0.5) is 14.4 Å². The van der Waals surface area contributed by atoms with Crippen LogP contribution in [0.3, 0.4) is 0 Å². The van der Waals surface area contributed by atoms with Gasteiger partial charge in [-0.25, -0.2) is 14.4 Å². The lowest BCUT2D eigenvalue weighted by Crippen LogP contribution is -2.05. The second kappa shape index (κ2) is 8.97. The van der Waals surface area contributed by atoms with Gasteiger partial charge in [0.2, 0.25) is 0 Å². The van der Waals surface area contributed by atoms with Gasteiger partial charge in [0.05, 0.1) is 0 Å². The number of hydrogen-bond donors (Lipinski definition) is 5. The molecule has 0 aliphatic carbocycles. The number of carboxylic acid groups (broad SMARTS) is 4. The van der Waals surface area contributed by atoms with Crippen LogP contribution in [0.15, 0.2) is 0 Å². The highest BCUT2D eigenvalue weighted by Gasteiger charge is 2.01. The Labute approximate surface area is 65.4 Å². The highest BCUT2D eigenvalue weighted by Crippen LogP contribution is 1.73. The second-order valence-corrected chi connectivity index (χ2v) is 0.916. The van der Waals surface area contributed by atoms with Crippen LogP contribution in [-0.4, -0.2) is 38.9 Å². The average Bonchev–Trinajstić information content (AvgIpc) is 1.56. The third kappa shape index (κ3) is 99.8. The van der Waals surface area contributed by atoms with E-state index < -0.39 is 18.5 Å². The van der Waals surface area contributed by atoms with Crippen LogP contribution in [0.2, 0.25) is 0 Å². The fraction of sp³-hybridized carbons (Fsp3) is 0. The zero-order valence-electron chi connectivity index (χ0n) is 5.63. The van der Waals surface area contributed by atoms with E-state index in [0.717, 1.165) is 0 Å².